The van der Waals surface area contributed by atoms with Crippen molar-refractivity contribution in [2.24, 2.45) is 0 Å². The van der Waals surface area contributed by atoms with Gasteiger partial charge in [0.1, 0.15) is 5.75 Å². The zero-order valence-corrected chi connectivity index (χ0v) is 16.0. The summed E-state index contributed by atoms with van der Waals surface area (Å²) in [6.45, 7) is 1.90. The maximum Gasteiger partial charge on any atom is 0.178 e. The first-order valence-corrected chi connectivity index (χ1v) is 9.21. The summed E-state index contributed by atoms with van der Waals surface area (Å²) in [6, 6.07) is 13.7. The molecular weight excluding hydrogens is 383 g/mol. The van der Waals surface area contributed by atoms with Crippen LogP contribution in [0.5, 0.6) is 11.5 Å². The third kappa shape index (κ3) is 3.54. The standard InChI is InChI=1S/C22H15FN6O/c1-2-15-3-4-16(10-19-18-5-6-26-28-22(18)29-27-19)20(23)21(15)30-17-8-13(11-24)7-14(9-17)12-25/h3-9H,2,10H2,1H3,(H,27,28,29). The van der Waals surface area contributed by atoms with E-state index in [1.54, 1.807) is 18.3 Å². The summed E-state index contributed by atoms with van der Waals surface area (Å²) in [6.07, 6.45) is 2.34. The van der Waals surface area contributed by atoms with Crippen LogP contribution in [0.15, 0.2) is 42.6 Å². The molecule has 30 heavy (non-hydrogen) atoms. The van der Waals surface area contributed by atoms with Gasteiger partial charge in [-0.1, -0.05) is 19.1 Å². The van der Waals surface area contributed by atoms with E-state index >= 15 is 4.39 Å². The minimum Gasteiger partial charge on any atom is -0.454 e. The molecule has 0 saturated heterocycles. The van der Waals surface area contributed by atoms with Gasteiger partial charge in [0.25, 0.3) is 0 Å². The zero-order chi connectivity index (χ0) is 21.1. The Labute approximate surface area is 171 Å². The predicted octanol–water partition coefficient (Wildman–Crippen LogP) is 4.18. The Kier molecular flexibility index (Phi) is 5.06. The van der Waals surface area contributed by atoms with Crippen molar-refractivity contribution in [1.29, 1.82) is 10.5 Å². The van der Waals surface area contributed by atoms with E-state index in [0.717, 1.165) is 5.39 Å². The lowest BCUT2D eigenvalue weighted by Crippen LogP contribution is -2.01. The van der Waals surface area contributed by atoms with Crippen LogP contribution >= 0.6 is 0 Å². The highest BCUT2D eigenvalue weighted by Crippen LogP contribution is 2.33. The zero-order valence-electron chi connectivity index (χ0n) is 16.0. The molecule has 0 aliphatic rings. The number of fused-ring (bicyclic) bond motifs is 1. The number of rotatable bonds is 5. The molecule has 0 radical (unpaired) electrons. The molecule has 0 aliphatic carbocycles. The third-order valence-corrected chi connectivity index (χ3v) is 4.71. The maximum atomic E-state index is 15.4. The van der Waals surface area contributed by atoms with Crippen molar-refractivity contribution >= 4 is 11.0 Å². The highest BCUT2D eigenvalue weighted by atomic mass is 19.1. The lowest BCUT2D eigenvalue weighted by molar-refractivity contribution is 0.433. The molecule has 0 fully saturated rings. The number of benzene rings is 2. The summed E-state index contributed by atoms with van der Waals surface area (Å²) in [5.74, 6) is -0.196. The van der Waals surface area contributed by atoms with Crippen LogP contribution in [-0.2, 0) is 12.8 Å². The van der Waals surface area contributed by atoms with E-state index in [-0.39, 0.29) is 29.0 Å². The molecule has 4 aromatic rings. The number of aromatic amines is 1. The fourth-order valence-electron chi connectivity index (χ4n) is 3.21. The third-order valence-electron chi connectivity index (χ3n) is 4.71. The predicted molar refractivity (Wildman–Crippen MR) is 106 cm³/mol. The van der Waals surface area contributed by atoms with E-state index < -0.39 is 5.82 Å². The number of H-pyrrole nitrogens is 1. The van der Waals surface area contributed by atoms with Gasteiger partial charge in [-0.2, -0.15) is 20.7 Å². The molecule has 7 nitrogen and oxygen atoms in total. The molecule has 0 bridgehead atoms. The molecular formula is C22H15FN6O. The first-order chi connectivity index (χ1) is 14.6. The van der Waals surface area contributed by atoms with Gasteiger partial charge in [0.15, 0.2) is 17.2 Å². The van der Waals surface area contributed by atoms with E-state index in [9.17, 15) is 0 Å². The van der Waals surface area contributed by atoms with E-state index in [1.807, 2.05) is 25.1 Å². The van der Waals surface area contributed by atoms with Crippen LogP contribution in [0, 0.1) is 28.5 Å². The average molecular weight is 398 g/mol. The van der Waals surface area contributed by atoms with Crippen molar-refractivity contribution in [2.45, 2.75) is 19.8 Å². The number of nitriles is 2. The van der Waals surface area contributed by atoms with Gasteiger partial charge in [-0.15, -0.1) is 5.10 Å². The van der Waals surface area contributed by atoms with Gasteiger partial charge in [0.05, 0.1) is 35.2 Å². The van der Waals surface area contributed by atoms with Crippen LogP contribution in [0.4, 0.5) is 4.39 Å². The summed E-state index contributed by atoms with van der Waals surface area (Å²) in [5, 5.41) is 33.9. The molecule has 0 amide bonds. The van der Waals surface area contributed by atoms with Crippen molar-refractivity contribution in [2.75, 3.05) is 0 Å². The van der Waals surface area contributed by atoms with E-state index in [0.29, 0.717) is 28.9 Å². The normalized spacial score (nSPS) is 10.5. The van der Waals surface area contributed by atoms with Gasteiger partial charge in [0.2, 0.25) is 0 Å². The molecule has 0 saturated carbocycles. The molecule has 0 spiro atoms. The lowest BCUT2D eigenvalue weighted by atomic mass is 10.0. The summed E-state index contributed by atoms with van der Waals surface area (Å²) in [4.78, 5) is 0. The quantitative estimate of drug-likeness (QED) is 0.540. The number of halogens is 1. The molecule has 2 heterocycles. The van der Waals surface area contributed by atoms with Gasteiger partial charge in [0, 0.05) is 11.8 Å². The number of aryl methyl sites for hydroxylation is 1. The second kappa shape index (κ2) is 7.98. The van der Waals surface area contributed by atoms with Crippen LogP contribution < -0.4 is 4.74 Å². The van der Waals surface area contributed by atoms with Crippen LogP contribution in [0.3, 0.4) is 0 Å². The minimum atomic E-state index is -0.506. The van der Waals surface area contributed by atoms with Gasteiger partial charge in [-0.25, -0.2) is 4.39 Å². The second-order valence-corrected chi connectivity index (χ2v) is 6.59. The summed E-state index contributed by atoms with van der Waals surface area (Å²) in [5.41, 5.74) is 2.80. The summed E-state index contributed by atoms with van der Waals surface area (Å²) < 4.78 is 21.3. The number of ether oxygens (including phenoxy) is 1. The van der Waals surface area contributed by atoms with Crippen molar-refractivity contribution in [3.63, 3.8) is 0 Å². The van der Waals surface area contributed by atoms with Gasteiger partial charge >= 0.3 is 0 Å². The minimum absolute atomic E-state index is 0.0774. The smallest absolute Gasteiger partial charge is 0.178 e. The molecule has 0 unspecified atom stereocenters. The average Bonchev–Trinajstić information content (AvgIpc) is 3.19. The van der Waals surface area contributed by atoms with Crippen molar-refractivity contribution in [1.82, 2.24) is 20.4 Å². The molecule has 0 atom stereocenters. The fourth-order valence-corrected chi connectivity index (χ4v) is 3.21. The van der Waals surface area contributed by atoms with Crippen molar-refractivity contribution in [3.8, 4) is 23.6 Å². The molecule has 4 rings (SSSR count). The van der Waals surface area contributed by atoms with Crippen molar-refractivity contribution < 1.29 is 9.13 Å². The molecule has 1 N–H and O–H groups in total. The molecule has 8 heteroatoms. The summed E-state index contributed by atoms with van der Waals surface area (Å²) >= 11 is 0. The highest BCUT2D eigenvalue weighted by molar-refractivity contribution is 5.77. The molecule has 2 aromatic heterocycles. The molecule has 2 aromatic carbocycles. The Morgan fingerprint density at radius 1 is 1.07 bits per heavy atom. The number of hydrogen-bond acceptors (Lipinski definition) is 6. The second-order valence-electron chi connectivity index (χ2n) is 6.59. The number of aromatic nitrogens is 4. The Hall–Kier alpha value is -4.30. The maximum absolute atomic E-state index is 15.4. The Morgan fingerprint density at radius 3 is 2.50 bits per heavy atom. The first-order valence-electron chi connectivity index (χ1n) is 9.21. The lowest BCUT2D eigenvalue weighted by Gasteiger charge is -2.14. The Morgan fingerprint density at radius 2 is 1.80 bits per heavy atom. The van der Waals surface area contributed by atoms with Gasteiger partial charge in [-0.3, -0.25) is 5.10 Å². The monoisotopic (exact) mass is 398 g/mol. The fraction of sp³-hybridized carbons (Fsp3) is 0.136. The van der Waals surface area contributed by atoms with E-state index in [1.165, 1.54) is 18.2 Å². The van der Waals surface area contributed by atoms with Crippen LogP contribution in [-0.4, -0.2) is 20.4 Å². The molecule has 146 valence electrons. The van der Waals surface area contributed by atoms with Crippen LogP contribution in [0.1, 0.15) is 34.9 Å². The number of hydrogen-bond donors (Lipinski definition) is 1. The topological polar surface area (TPSA) is 111 Å². The Bertz CT molecular complexity index is 1300. The largest absolute Gasteiger partial charge is 0.454 e. The SMILES string of the molecule is CCc1ccc(Cc2n[nH]c3nnccc23)c(F)c1Oc1cc(C#N)cc(C#N)c1. The van der Waals surface area contributed by atoms with E-state index in [2.05, 4.69) is 20.4 Å². The first kappa shape index (κ1) is 19.0. The molecule has 0 aliphatic heterocycles. The van der Waals surface area contributed by atoms with Gasteiger partial charge in [-0.05, 0) is 41.8 Å². The number of nitrogens with one attached hydrogen (secondary N) is 1. The van der Waals surface area contributed by atoms with Crippen molar-refractivity contribution in [3.05, 3.63) is 76.4 Å². The Balaban J connectivity index is 1.74. The van der Waals surface area contributed by atoms with Gasteiger partial charge < -0.3 is 4.74 Å². The highest BCUT2D eigenvalue weighted by Gasteiger charge is 2.18. The van der Waals surface area contributed by atoms with Crippen LogP contribution in [0.25, 0.3) is 11.0 Å². The van der Waals surface area contributed by atoms with Crippen LogP contribution in [0.2, 0.25) is 0 Å². The number of nitrogens with zero attached hydrogens (tertiary/aromatic N) is 5. The summed E-state index contributed by atoms with van der Waals surface area (Å²) in [7, 11) is 0. The van der Waals surface area contributed by atoms with E-state index in [4.69, 9.17) is 15.3 Å².